The van der Waals surface area contributed by atoms with Crippen molar-refractivity contribution in [2.24, 2.45) is 0 Å². The van der Waals surface area contributed by atoms with E-state index in [1.165, 1.54) is 12.8 Å². The Balaban J connectivity index is 2.06. The summed E-state index contributed by atoms with van der Waals surface area (Å²) in [6.45, 7) is 2.15. The molecule has 1 saturated carbocycles. The van der Waals surface area contributed by atoms with Crippen molar-refractivity contribution < 1.29 is 4.79 Å². The molecule has 2 rings (SSSR count). The number of amides is 1. The lowest BCUT2D eigenvalue weighted by Gasteiger charge is -2.20. The number of carbonyl (C=O) groups is 1. The van der Waals surface area contributed by atoms with E-state index in [1.807, 2.05) is 11.8 Å². The summed E-state index contributed by atoms with van der Waals surface area (Å²) in [4.78, 5) is 12.3. The van der Waals surface area contributed by atoms with Crippen LogP contribution in [0.25, 0.3) is 0 Å². The van der Waals surface area contributed by atoms with Crippen LogP contribution in [0.2, 0.25) is 5.02 Å². The molecule has 0 saturated heterocycles. The fourth-order valence-corrected chi connectivity index (χ4v) is 3.89. The molecule has 2 unspecified atom stereocenters. The second kappa shape index (κ2) is 6.53. The van der Waals surface area contributed by atoms with Crippen LogP contribution in [0.4, 0.5) is 5.69 Å². The Labute approximate surface area is 123 Å². The first-order valence-corrected chi connectivity index (χ1v) is 8.02. The highest BCUT2D eigenvalue weighted by atomic mass is 35.5. The first-order chi connectivity index (χ1) is 9.13. The Bertz CT molecular complexity index is 467. The molecular weight excluding hydrogens is 280 g/mol. The van der Waals surface area contributed by atoms with Gasteiger partial charge in [0.05, 0.1) is 16.3 Å². The number of benzene rings is 1. The lowest BCUT2D eigenvalue weighted by molar-refractivity contribution is 0.0939. The number of nitrogen functional groups attached to an aromatic ring is 1. The summed E-state index contributed by atoms with van der Waals surface area (Å²) in [7, 11) is 0. The van der Waals surface area contributed by atoms with Gasteiger partial charge < -0.3 is 11.1 Å². The first kappa shape index (κ1) is 14.5. The molecule has 0 aliphatic heterocycles. The summed E-state index contributed by atoms with van der Waals surface area (Å²) in [5, 5.41) is 3.97. The summed E-state index contributed by atoms with van der Waals surface area (Å²) in [6, 6.07) is 5.41. The number of anilines is 1. The van der Waals surface area contributed by atoms with Gasteiger partial charge in [-0.25, -0.2) is 0 Å². The van der Waals surface area contributed by atoms with Gasteiger partial charge in [0.2, 0.25) is 0 Å². The summed E-state index contributed by atoms with van der Waals surface area (Å²) >= 11 is 8.00. The molecule has 0 heterocycles. The minimum atomic E-state index is -0.120. The summed E-state index contributed by atoms with van der Waals surface area (Å²) in [5.41, 5.74) is 6.64. The van der Waals surface area contributed by atoms with E-state index in [1.54, 1.807) is 18.2 Å². The van der Waals surface area contributed by atoms with Crippen molar-refractivity contribution in [3.63, 3.8) is 0 Å². The average Bonchev–Trinajstić information content (AvgIpc) is 2.80. The zero-order chi connectivity index (χ0) is 13.8. The van der Waals surface area contributed by atoms with Crippen LogP contribution >= 0.6 is 23.4 Å². The molecule has 0 aromatic heterocycles. The molecule has 1 aliphatic carbocycles. The van der Waals surface area contributed by atoms with Crippen LogP contribution in [0.5, 0.6) is 0 Å². The van der Waals surface area contributed by atoms with Crippen LogP contribution in [0, 0.1) is 0 Å². The molecule has 0 bridgehead atoms. The molecule has 0 spiro atoms. The topological polar surface area (TPSA) is 55.1 Å². The van der Waals surface area contributed by atoms with Crippen molar-refractivity contribution in [3.05, 3.63) is 28.8 Å². The monoisotopic (exact) mass is 298 g/mol. The van der Waals surface area contributed by atoms with Crippen LogP contribution in [0.15, 0.2) is 18.2 Å². The van der Waals surface area contributed by atoms with Gasteiger partial charge in [-0.3, -0.25) is 4.79 Å². The van der Waals surface area contributed by atoms with Gasteiger partial charge in [-0.2, -0.15) is 11.8 Å². The average molecular weight is 299 g/mol. The van der Waals surface area contributed by atoms with Gasteiger partial charge in [0.25, 0.3) is 5.91 Å². The van der Waals surface area contributed by atoms with E-state index >= 15 is 0 Å². The zero-order valence-electron chi connectivity index (χ0n) is 11.0. The SMILES string of the molecule is CCSC1CCCC1NC(=O)c1cccc(N)c1Cl. The van der Waals surface area contributed by atoms with Gasteiger partial charge in [-0.15, -0.1) is 0 Å². The fraction of sp³-hybridized carbons (Fsp3) is 0.500. The number of rotatable bonds is 4. The van der Waals surface area contributed by atoms with Crippen LogP contribution in [-0.2, 0) is 0 Å². The van der Waals surface area contributed by atoms with E-state index in [9.17, 15) is 4.79 Å². The molecular formula is C14H19ClN2OS. The molecule has 1 fully saturated rings. The lowest BCUT2D eigenvalue weighted by Crippen LogP contribution is -2.39. The molecule has 1 aliphatic rings. The van der Waals surface area contributed by atoms with Crippen LogP contribution in [0.3, 0.4) is 0 Å². The van der Waals surface area contributed by atoms with E-state index in [2.05, 4.69) is 12.2 Å². The fourth-order valence-electron chi connectivity index (χ4n) is 2.48. The highest BCUT2D eigenvalue weighted by molar-refractivity contribution is 7.99. The predicted octanol–water partition coefficient (Wildman–Crippen LogP) is 3.33. The van der Waals surface area contributed by atoms with Crippen LogP contribution in [-0.4, -0.2) is 23.0 Å². The molecule has 0 radical (unpaired) electrons. The number of thioether (sulfide) groups is 1. The van der Waals surface area contributed by atoms with Gasteiger partial charge in [-0.1, -0.05) is 31.0 Å². The standard InChI is InChI=1S/C14H19ClN2OS/c1-2-19-12-8-4-7-11(12)17-14(18)9-5-3-6-10(16)13(9)15/h3,5-6,11-12H,2,4,7-8,16H2,1H3,(H,17,18). The number of hydrogen-bond donors (Lipinski definition) is 2. The number of carbonyl (C=O) groups excluding carboxylic acids is 1. The number of halogens is 1. The van der Waals surface area contributed by atoms with Crippen molar-refractivity contribution in [2.75, 3.05) is 11.5 Å². The van der Waals surface area contributed by atoms with Crippen LogP contribution < -0.4 is 11.1 Å². The Morgan fingerprint density at radius 1 is 1.53 bits per heavy atom. The Morgan fingerprint density at radius 2 is 2.32 bits per heavy atom. The highest BCUT2D eigenvalue weighted by Crippen LogP contribution is 2.30. The van der Waals surface area contributed by atoms with E-state index in [0.717, 1.165) is 12.2 Å². The maximum absolute atomic E-state index is 12.3. The third kappa shape index (κ3) is 3.37. The molecule has 19 heavy (non-hydrogen) atoms. The van der Waals surface area contributed by atoms with Crippen molar-refractivity contribution in [3.8, 4) is 0 Å². The van der Waals surface area contributed by atoms with E-state index < -0.39 is 0 Å². The summed E-state index contributed by atoms with van der Waals surface area (Å²) in [6.07, 6.45) is 3.39. The molecule has 1 amide bonds. The van der Waals surface area contributed by atoms with Gasteiger partial charge >= 0.3 is 0 Å². The summed E-state index contributed by atoms with van der Waals surface area (Å²) < 4.78 is 0. The largest absolute Gasteiger partial charge is 0.398 e. The van der Waals surface area contributed by atoms with E-state index in [-0.39, 0.29) is 11.9 Å². The third-order valence-electron chi connectivity index (χ3n) is 3.42. The predicted molar refractivity (Wildman–Crippen MR) is 82.9 cm³/mol. The van der Waals surface area contributed by atoms with Crippen molar-refractivity contribution in [2.45, 2.75) is 37.5 Å². The second-order valence-electron chi connectivity index (χ2n) is 4.71. The molecule has 2 atom stereocenters. The smallest absolute Gasteiger partial charge is 0.253 e. The van der Waals surface area contributed by atoms with Crippen molar-refractivity contribution in [1.82, 2.24) is 5.32 Å². The Kier molecular flexibility index (Phi) is 4.99. The highest BCUT2D eigenvalue weighted by Gasteiger charge is 2.29. The number of hydrogen-bond acceptors (Lipinski definition) is 3. The molecule has 104 valence electrons. The minimum absolute atomic E-state index is 0.120. The molecule has 3 nitrogen and oxygen atoms in total. The first-order valence-electron chi connectivity index (χ1n) is 6.60. The molecule has 1 aromatic rings. The van der Waals surface area contributed by atoms with Gasteiger partial charge in [0, 0.05) is 11.3 Å². The van der Waals surface area contributed by atoms with Gasteiger partial charge in [0.1, 0.15) is 0 Å². The molecule has 5 heteroatoms. The number of nitrogens with one attached hydrogen (secondary N) is 1. The Morgan fingerprint density at radius 3 is 3.05 bits per heavy atom. The van der Waals surface area contributed by atoms with Crippen molar-refractivity contribution in [1.29, 1.82) is 0 Å². The van der Waals surface area contributed by atoms with Crippen LogP contribution in [0.1, 0.15) is 36.5 Å². The quantitative estimate of drug-likeness (QED) is 0.838. The van der Waals surface area contributed by atoms with Gasteiger partial charge in [-0.05, 0) is 30.7 Å². The van der Waals surface area contributed by atoms with Gasteiger partial charge in [0.15, 0.2) is 0 Å². The third-order valence-corrected chi connectivity index (χ3v) is 5.17. The summed E-state index contributed by atoms with van der Waals surface area (Å²) in [5.74, 6) is 0.960. The lowest BCUT2D eigenvalue weighted by atomic mass is 10.1. The second-order valence-corrected chi connectivity index (χ2v) is 6.61. The molecule has 1 aromatic carbocycles. The maximum Gasteiger partial charge on any atom is 0.253 e. The Hall–Kier alpha value is -0.870. The maximum atomic E-state index is 12.3. The normalized spacial score (nSPS) is 22.4. The number of nitrogens with two attached hydrogens (primary N) is 1. The minimum Gasteiger partial charge on any atom is -0.398 e. The van der Waals surface area contributed by atoms with Crippen molar-refractivity contribution >= 4 is 35.0 Å². The molecule has 3 N–H and O–H groups in total. The van der Waals surface area contributed by atoms with E-state index in [4.69, 9.17) is 17.3 Å². The zero-order valence-corrected chi connectivity index (χ0v) is 12.6. The van der Waals surface area contributed by atoms with E-state index in [0.29, 0.717) is 21.5 Å².